The zero-order valence-corrected chi connectivity index (χ0v) is 10.1. The third kappa shape index (κ3) is 2.75. The maximum Gasteiger partial charge on any atom is 0.219 e. The number of nitrogens with two attached hydrogens (primary N) is 1. The summed E-state index contributed by atoms with van der Waals surface area (Å²) in [5, 5.41) is 0. The van der Waals surface area contributed by atoms with Crippen molar-refractivity contribution in [1.82, 2.24) is 4.98 Å². The van der Waals surface area contributed by atoms with E-state index >= 15 is 0 Å². The maximum absolute atomic E-state index is 5.71. The number of anilines is 1. The van der Waals surface area contributed by atoms with E-state index in [1.54, 1.807) is 6.20 Å². The van der Waals surface area contributed by atoms with Crippen molar-refractivity contribution in [3.05, 3.63) is 47.7 Å². The molecule has 0 aliphatic rings. The van der Waals surface area contributed by atoms with E-state index < -0.39 is 0 Å². The zero-order valence-electron chi connectivity index (χ0n) is 10.1. The van der Waals surface area contributed by atoms with Crippen LogP contribution >= 0.6 is 0 Å². The molecule has 2 aromatic rings. The van der Waals surface area contributed by atoms with E-state index in [9.17, 15) is 0 Å². The lowest BCUT2D eigenvalue weighted by Crippen LogP contribution is -1.94. The van der Waals surface area contributed by atoms with Crippen molar-refractivity contribution >= 4 is 5.69 Å². The second kappa shape index (κ2) is 4.87. The Bertz CT molecular complexity index is 523. The average molecular weight is 228 g/mol. The predicted molar refractivity (Wildman–Crippen MR) is 69.3 cm³/mol. The molecule has 1 aromatic heterocycles. The van der Waals surface area contributed by atoms with Crippen molar-refractivity contribution < 1.29 is 4.74 Å². The minimum atomic E-state index is 0.574. The summed E-state index contributed by atoms with van der Waals surface area (Å²) >= 11 is 0. The molecule has 1 heterocycles. The van der Waals surface area contributed by atoms with Crippen LogP contribution in [0.4, 0.5) is 5.69 Å². The summed E-state index contributed by atoms with van der Waals surface area (Å²) in [5.74, 6) is 1.38. The number of aromatic nitrogens is 1. The smallest absolute Gasteiger partial charge is 0.219 e. The molecule has 0 aliphatic carbocycles. The van der Waals surface area contributed by atoms with E-state index in [1.807, 2.05) is 31.2 Å². The Labute approximate surface area is 101 Å². The van der Waals surface area contributed by atoms with Crippen LogP contribution in [-0.2, 0) is 6.42 Å². The zero-order chi connectivity index (χ0) is 12.3. The highest BCUT2D eigenvalue weighted by molar-refractivity contribution is 5.46. The fourth-order valence-electron chi connectivity index (χ4n) is 1.55. The number of hydrogen-bond acceptors (Lipinski definition) is 3. The van der Waals surface area contributed by atoms with Gasteiger partial charge in [0.2, 0.25) is 5.88 Å². The van der Waals surface area contributed by atoms with E-state index in [1.165, 1.54) is 5.56 Å². The third-order valence-electron chi connectivity index (χ3n) is 2.66. The third-order valence-corrected chi connectivity index (χ3v) is 2.66. The number of rotatable bonds is 3. The van der Waals surface area contributed by atoms with E-state index in [4.69, 9.17) is 10.5 Å². The summed E-state index contributed by atoms with van der Waals surface area (Å²) < 4.78 is 5.69. The molecule has 2 rings (SSSR count). The van der Waals surface area contributed by atoms with Crippen LogP contribution in [0.3, 0.4) is 0 Å². The molecule has 0 spiro atoms. The first-order valence-electron chi connectivity index (χ1n) is 5.68. The van der Waals surface area contributed by atoms with Gasteiger partial charge in [-0.2, -0.15) is 0 Å². The predicted octanol–water partition coefficient (Wildman–Crippen LogP) is 3.33. The second-order valence-corrected chi connectivity index (χ2v) is 3.98. The van der Waals surface area contributed by atoms with Crippen LogP contribution in [0.15, 0.2) is 36.5 Å². The van der Waals surface area contributed by atoms with E-state index in [0.29, 0.717) is 11.6 Å². The van der Waals surface area contributed by atoms with Crippen LogP contribution in [0.5, 0.6) is 11.6 Å². The van der Waals surface area contributed by atoms with Crippen molar-refractivity contribution in [3.8, 4) is 11.6 Å². The molecule has 0 atom stereocenters. The van der Waals surface area contributed by atoms with Gasteiger partial charge in [0.05, 0.1) is 11.9 Å². The summed E-state index contributed by atoms with van der Waals surface area (Å²) in [4.78, 5) is 4.14. The van der Waals surface area contributed by atoms with Crippen LogP contribution < -0.4 is 10.5 Å². The molecule has 0 aliphatic heterocycles. The average Bonchev–Trinajstić information content (AvgIpc) is 2.34. The number of hydrogen-bond donors (Lipinski definition) is 1. The van der Waals surface area contributed by atoms with Crippen LogP contribution in [0.2, 0.25) is 0 Å². The van der Waals surface area contributed by atoms with Gasteiger partial charge in [-0.25, -0.2) is 4.98 Å². The number of nitrogens with zero attached hydrogens (tertiary/aromatic N) is 1. The van der Waals surface area contributed by atoms with Gasteiger partial charge in [-0.15, -0.1) is 0 Å². The van der Waals surface area contributed by atoms with Crippen LogP contribution in [-0.4, -0.2) is 4.98 Å². The van der Waals surface area contributed by atoms with Crippen molar-refractivity contribution in [3.63, 3.8) is 0 Å². The van der Waals surface area contributed by atoms with Crippen molar-refractivity contribution in [2.75, 3.05) is 5.73 Å². The molecule has 17 heavy (non-hydrogen) atoms. The maximum atomic E-state index is 5.71. The Balaban J connectivity index is 2.22. The Hall–Kier alpha value is -2.03. The normalized spacial score (nSPS) is 10.2. The topological polar surface area (TPSA) is 48.1 Å². The number of benzene rings is 1. The van der Waals surface area contributed by atoms with E-state index in [-0.39, 0.29) is 0 Å². The van der Waals surface area contributed by atoms with Gasteiger partial charge >= 0.3 is 0 Å². The molecule has 2 N–H and O–H groups in total. The molecule has 1 aromatic carbocycles. The van der Waals surface area contributed by atoms with E-state index in [2.05, 4.69) is 18.0 Å². The lowest BCUT2D eigenvalue weighted by molar-refractivity contribution is 0.462. The molecule has 3 nitrogen and oxygen atoms in total. The van der Waals surface area contributed by atoms with Crippen LogP contribution in [0.25, 0.3) is 0 Å². The Kier molecular flexibility index (Phi) is 3.28. The molecule has 0 fully saturated rings. The Morgan fingerprint density at radius 2 is 2.12 bits per heavy atom. The quantitative estimate of drug-likeness (QED) is 0.876. The minimum Gasteiger partial charge on any atom is -0.439 e. The van der Waals surface area contributed by atoms with Gasteiger partial charge < -0.3 is 10.5 Å². The van der Waals surface area contributed by atoms with Gasteiger partial charge in [-0.3, -0.25) is 0 Å². The first kappa shape index (κ1) is 11.5. The SMILES string of the molecule is CCc1cccc(Oc2cc(C)c(N)cn2)c1. The monoisotopic (exact) mass is 228 g/mol. The van der Waals surface area contributed by atoms with Crippen LogP contribution in [0.1, 0.15) is 18.1 Å². The molecule has 0 saturated heterocycles. The van der Waals surface area contributed by atoms with Gasteiger partial charge in [-0.05, 0) is 36.6 Å². The minimum absolute atomic E-state index is 0.574. The van der Waals surface area contributed by atoms with Crippen molar-refractivity contribution in [2.24, 2.45) is 0 Å². The number of ether oxygens (including phenoxy) is 1. The van der Waals surface area contributed by atoms with Crippen LogP contribution in [0, 0.1) is 6.92 Å². The van der Waals surface area contributed by atoms with Gasteiger partial charge in [0.15, 0.2) is 0 Å². The van der Waals surface area contributed by atoms with Gasteiger partial charge in [0, 0.05) is 6.07 Å². The van der Waals surface area contributed by atoms with Gasteiger partial charge in [-0.1, -0.05) is 19.1 Å². The molecule has 88 valence electrons. The summed E-state index contributed by atoms with van der Waals surface area (Å²) in [6.45, 7) is 4.05. The van der Waals surface area contributed by atoms with Crippen molar-refractivity contribution in [1.29, 1.82) is 0 Å². The lowest BCUT2D eigenvalue weighted by Gasteiger charge is -2.07. The lowest BCUT2D eigenvalue weighted by atomic mass is 10.2. The van der Waals surface area contributed by atoms with E-state index in [0.717, 1.165) is 17.7 Å². The fourth-order valence-corrected chi connectivity index (χ4v) is 1.55. The highest BCUT2D eigenvalue weighted by Crippen LogP contribution is 2.23. The number of pyridine rings is 1. The Morgan fingerprint density at radius 3 is 2.82 bits per heavy atom. The molecule has 0 unspecified atom stereocenters. The van der Waals surface area contributed by atoms with Gasteiger partial charge in [0.1, 0.15) is 5.75 Å². The fraction of sp³-hybridized carbons (Fsp3) is 0.214. The highest BCUT2D eigenvalue weighted by atomic mass is 16.5. The standard InChI is InChI=1S/C14H16N2O/c1-3-11-5-4-6-12(8-11)17-14-7-10(2)13(15)9-16-14/h4-9H,3,15H2,1-2H3. The largest absolute Gasteiger partial charge is 0.439 e. The molecule has 0 radical (unpaired) electrons. The molecular formula is C14H16N2O. The number of aryl methyl sites for hydroxylation is 2. The molecule has 3 heteroatoms. The summed E-state index contributed by atoms with van der Waals surface area (Å²) in [7, 11) is 0. The molecule has 0 amide bonds. The highest BCUT2D eigenvalue weighted by Gasteiger charge is 2.01. The second-order valence-electron chi connectivity index (χ2n) is 3.98. The number of nitrogen functional groups attached to an aromatic ring is 1. The molecule has 0 saturated carbocycles. The molecular weight excluding hydrogens is 212 g/mol. The summed E-state index contributed by atoms with van der Waals surface area (Å²) in [6, 6.07) is 9.85. The van der Waals surface area contributed by atoms with Gasteiger partial charge in [0.25, 0.3) is 0 Å². The first-order chi connectivity index (χ1) is 8.19. The summed E-state index contributed by atoms with van der Waals surface area (Å²) in [5.41, 5.74) is 8.61. The first-order valence-corrected chi connectivity index (χ1v) is 5.68. The Morgan fingerprint density at radius 1 is 1.29 bits per heavy atom. The van der Waals surface area contributed by atoms with Crippen molar-refractivity contribution in [2.45, 2.75) is 20.3 Å². The summed E-state index contributed by atoms with van der Waals surface area (Å²) in [6.07, 6.45) is 2.61. The molecule has 0 bridgehead atoms.